The molecule has 2 aromatic rings. The van der Waals surface area contributed by atoms with Crippen molar-refractivity contribution in [3.63, 3.8) is 0 Å². The maximum atomic E-state index is 5.63. The molecule has 4 heteroatoms. The van der Waals surface area contributed by atoms with Gasteiger partial charge in [0.05, 0.1) is 6.54 Å². The standard InChI is InChI=1S/C17H20N2OS/c1-13-3-7-15(8-4-13)19-17(21)18-11-12-20-16-9-5-14(2)6-10-16/h3-10H,11-12H2,1-2H3,(H2,18,19,21). The van der Waals surface area contributed by atoms with Gasteiger partial charge in [-0.2, -0.15) is 0 Å². The van der Waals surface area contributed by atoms with E-state index in [-0.39, 0.29) is 0 Å². The van der Waals surface area contributed by atoms with Gasteiger partial charge in [-0.25, -0.2) is 0 Å². The van der Waals surface area contributed by atoms with Gasteiger partial charge in [0.1, 0.15) is 12.4 Å². The highest BCUT2D eigenvalue weighted by Crippen LogP contribution is 2.11. The van der Waals surface area contributed by atoms with Gasteiger partial charge in [0.25, 0.3) is 0 Å². The van der Waals surface area contributed by atoms with Crippen molar-refractivity contribution in [2.75, 3.05) is 18.5 Å². The normalized spacial score (nSPS) is 10.0. The third-order valence-electron chi connectivity index (χ3n) is 2.99. The zero-order chi connectivity index (χ0) is 15.1. The zero-order valence-corrected chi connectivity index (χ0v) is 13.2. The van der Waals surface area contributed by atoms with E-state index in [1.54, 1.807) is 0 Å². The number of nitrogens with one attached hydrogen (secondary N) is 2. The summed E-state index contributed by atoms with van der Waals surface area (Å²) in [6, 6.07) is 16.1. The number of thiocarbonyl (C=S) groups is 1. The predicted octanol–water partition coefficient (Wildman–Crippen LogP) is 3.67. The van der Waals surface area contributed by atoms with Crippen molar-refractivity contribution in [1.82, 2.24) is 5.32 Å². The molecule has 2 N–H and O–H groups in total. The van der Waals surface area contributed by atoms with Crippen molar-refractivity contribution in [2.45, 2.75) is 13.8 Å². The Labute approximate surface area is 131 Å². The van der Waals surface area contributed by atoms with Crippen molar-refractivity contribution in [1.29, 1.82) is 0 Å². The molecule has 0 atom stereocenters. The molecule has 0 saturated heterocycles. The van der Waals surface area contributed by atoms with Crippen LogP contribution in [0.25, 0.3) is 0 Å². The van der Waals surface area contributed by atoms with Crippen LogP contribution in [0.4, 0.5) is 5.69 Å². The van der Waals surface area contributed by atoms with Crippen LogP contribution in [0, 0.1) is 13.8 Å². The first kappa shape index (κ1) is 15.3. The van der Waals surface area contributed by atoms with Crippen molar-refractivity contribution >= 4 is 23.0 Å². The Balaban J connectivity index is 1.67. The SMILES string of the molecule is Cc1ccc(NC(=S)NCCOc2ccc(C)cc2)cc1. The van der Waals surface area contributed by atoms with E-state index in [4.69, 9.17) is 17.0 Å². The lowest BCUT2D eigenvalue weighted by Gasteiger charge is -2.11. The molecule has 0 aliphatic carbocycles. The number of benzene rings is 2. The third kappa shape index (κ3) is 5.44. The van der Waals surface area contributed by atoms with Gasteiger partial charge in [-0.1, -0.05) is 35.4 Å². The monoisotopic (exact) mass is 300 g/mol. The quantitative estimate of drug-likeness (QED) is 0.652. The Bertz CT molecular complexity index is 579. The van der Waals surface area contributed by atoms with Crippen LogP contribution in [-0.2, 0) is 0 Å². The summed E-state index contributed by atoms with van der Waals surface area (Å²) < 4.78 is 5.63. The molecule has 2 aromatic carbocycles. The Morgan fingerprint density at radius 3 is 2.14 bits per heavy atom. The average molecular weight is 300 g/mol. The molecule has 0 unspecified atom stereocenters. The molecule has 2 rings (SSSR count). The lowest BCUT2D eigenvalue weighted by atomic mass is 10.2. The highest BCUT2D eigenvalue weighted by Gasteiger charge is 1.98. The summed E-state index contributed by atoms with van der Waals surface area (Å²) in [6.07, 6.45) is 0. The van der Waals surface area contributed by atoms with E-state index in [2.05, 4.69) is 24.5 Å². The van der Waals surface area contributed by atoms with Crippen LogP contribution >= 0.6 is 12.2 Å². The van der Waals surface area contributed by atoms with Crippen molar-refractivity contribution in [3.05, 3.63) is 59.7 Å². The summed E-state index contributed by atoms with van der Waals surface area (Å²) in [4.78, 5) is 0. The van der Waals surface area contributed by atoms with Gasteiger partial charge in [-0.15, -0.1) is 0 Å². The molecular formula is C17H20N2OS. The van der Waals surface area contributed by atoms with Crippen LogP contribution in [0.15, 0.2) is 48.5 Å². The maximum Gasteiger partial charge on any atom is 0.170 e. The van der Waals surface area contributed by atoms with Crippen LogP contribution in [-0.4, -0.2) is 18.3 Å². The van der Waals surface area contributed by atoms with Crippen molar-refractivity contribution in [3.8, 4) is 5.75 Å². The van der Waals surface area contributed by atoms with Crippen LogP contribution in [0.1, 0.15) is 11.1 Å². The Morgan fingerprint density at radius 1 is 0.952 bits per heavy atom. The van der Waals surface area contributed by atoms with Gasteiger partial charge in [-0.05, 0) is 50.3 Å². The maximum absolute atomic E-state index is 5.63. The first-order valence-electron chi connectivity index (χ1n) is 6.94. The fraction of sp³-hybridized carbons (Fsp3) is 0.235. The summed E-state index contributed by atoms with van der Waals surface area (Å²) in [5, 5.41) is 6.87. The van der Waals surface area contributed by atoms with Gasteiger partial charge in [-0.3, -0.25) is 0 Å². The van der Waals surface area contributed by atoms with E-state index in [0.717, 1.165) is 11.4 Å². The Kier molecular flexibility index (Phi) is 5.58. The lowest BCUT2D eigenvalue weighted by Crippen LogP contribution is -2.31. The fourth-order valence-electron chi connectivity index (χ4n) is 1.78. The number of hydrogen-bond donors (Lipinski definition) is 2. The van der Waals surface area contributed by atoms with Crippen molar-refractivity contribution in [2.24, 2.45) is 0 Å². The van der Waals surface area contributed by atoms with Gasteiger partial charge < -0.3 is 15.4 Å². The molecule has 0 radical (unpaired) electrons. The number of ether oxygens (including phenoxy) is 1. The number of anilines is 1. The van der Waals surface area contributed by atoms with Crippen LogP contribution in [0.3, 0.4) is 0 Å². The number of hydrogen-bond acceptors (Lipinski definition) is 2. The summed E-state index contributed by atoms with van der Waals surface area (Å²) in [7, 11) is 0. The van der Waals surface area contributed by atoms with Crippen molar-refractivity contribution < 1.29 is 4.74 Å². The highest BCUT2D eigenvalue weighted by atomic mass is 32.1. The molecule has 0 amide bonds. The second-order valence-corrected chi connectivity index (χ2v) is 5.32. The van der Waals surface area contributed by atoms with E-state index < -0.39 is 0 Å². The Hall–Kier alpha value is -2.07. The van der Waals surface area contributed by atoms with Gasteiger partial charge in [0.15, 0.2) is 5.11 Å². The van der Waals surface area contributed by atoms with E-state index >= 15 is 0 Å². The average Bonchev–Trinajstić information content (AvgIpc) is 2.48. The Morgan fingerprint density at radius 2 is 1.52 bits per heavy atom. The van der Waals surface area contributed by atoms with Crippen LogP contribution < -0.4 is 15.4 Å². The minimum absolute atomic E-state index is 0.568. The molecule has 3 nitrogen and oxygen atoms in total. The molecule has 0 bridgehead atoms. The summed E-state index contributed by atoms with van der Waals surface area (Å²) >= 11 is 5.24. The number of rotatable bonds is 5. The minimum Gasteiger partial charge on any atom is -0.492 e. The van der Waals surface area contributed by atoms with Gasteiger partial charge in [0.2, 0.25) is 0 Å². The molecule has 110 valence electrons. The van der Waals surface area contributed by atoms with E-state index in [0.29, 0.717) is 18.3 Å². The second kappa shape index (κ2) is 7.64. The summed E-state index contributed by atoms with van der Waals surface area (Å²) in [5.41, 5.74) is 3.44. The number of aryl methyl sites for hydroxylation is 2. The highest BCUT2D eigenvalue weighted by molar-refractivity contribution is 7.80. The molecule has 0 aliphatic heterocycles. The molecule has 0 spiro atoms. The first-order chi connectivity index (χ1) is 10.1. The van der Waals surface area contributed by atoms with Crippen LogP contribution in [0.2, 0.25) is 0 Å². The third-order valence-corrected chi connectivity index (χ3v) is 3.23. The minimum atomic E-state index is 0.568. The molecule has 0 aromatic heterocycles. The molecule has 0 aliphatic rings. The lowest BCUT2D eigenvalue weighted by molar-refractivity contribution is 0.322. The van der Waals surface area contributed by atoms with E-state index in [1.807, 2.05) is 48.5 Å². The largest absolute Gasteiger partial charge is 0.492 e. The predicted molar refractivity (Wildman–Crippen MR) is 92.1 cm³/mol. The zero-order valence-electron chi connectivity index (χ0n) is 12.3. The van der Waals surface area contributed by atoms with E-state index in [9.17, 15) is 0 Å². The van der Waals surface area contributed by atoms with Crippen LogP contribution in [0.5, 0.6) is 5.75 Å². The van der Waals surface area contributed by atoms with Gasteiger partial charge in [0, 0.05) is 5.69 Å². The van der Waals surface area contributed by atoms with Gasteiger partial charge >= 0.3 is 0 Å². The summed E-state index contributed by atoms with van der Waals surface area (Å²) in [5.74, 6) is 0.875. The molecule has 21 heavy (non-hydrogen) atoms. The fourth-order valence-corrected chi connectivity index (χ4v) is 2.00. The van der Waals surface area contributed by atoms with E-state index in [1.165, 1.54) is 11.1 Å². The smallest absolute Gasteiger partial charge is 0.170 e. The first-order valence-corrected chi connectivity index (χ1v) is 7.35. The molecule has 0 saturated carbocycles. The molecular weight excluding hydrogens is 280 g/mol. The molecule has 0 heterocycles. The topological polar surface area (TPSA) is 33.3 Å². The molecule has 0 fully saturated rings. The second-order valence-electron chi connectivity index (χ2n) is 4.91. The summed E-state index contributed by atoms with van der Waals surface area (Å²) in [6.45, 7) is 5.34.